The minimum atomic E-state index is -0.772. The molecule has 1 amide bonds. The van der Waals surface area contributed by atoms with Gasteiger partial charge < -0.3 is 19.3 Å². The SMILES string of the molecule is C[C@H]1C=CC[C@]23CC(O)c4c(I)c(=O)c(OCc5ccccc5)c(n42)C(=O)N1C3. The van der Waals surface area contributed by atoms with Gasteiger partial charge in [-0.3, -0.25) is 9.59 Å². The number of fused-ring (bicyclic) bond motifs is 1. The van der Waals surface area contributed by atoms with Crippen LogP contribution < -0.4 is 10.2 Å². The Balaban J connectivity index is 1.72. The van der Waals surface area contributed by atoms with Crippen LogP contribution in [0.4, 0.5) is 0 Å². The van der Waals surface area contributed by atoms with Gasteiger partial charge in [0, 0.05) is 19.0 Å². The van der Waals surface area contributed by atoms with E-state index in [4.69, 9.17) is 4.74 Å². The number of carbonyl (C=O) groups is 1. The molecule has 7 heteroatoms. The molecule has 1 N–H and O–H groups in total. The number of halogens is 1. The fourth-order valence-corrected chi connectivity index (χ4v) is 5.70. The van der Waals surface area contributed by atoms with Gasteiger partial charge in [0.2, 0.25) is 5.43 Å². The highest BCUT2D eigenvalue weighted by Crippen LogP contribution is 2.49. The van der Waals surface area contributed by atoms with Crippen molar-refractivity contribution in [2.45, 2.75) is 44.1 Å². The molecule has 29 heavy (non-hydrogen) atoms. The van der Waals surface area contributed by atoms with Crippen molar-refractivity contribution >= 4 is 28.5 Å². The Morgan fingerprint density at radius 1 is 1.28 bits per heavy atom. The number of amides is 1. The molecular weight excluding hydrogens is 483 g/mol. The summed E-state index contributed by atoms with van der Waals surface area (Å²) >= 11 is 1.98. The summed E-state index contributed by atoms with van der Waals surface area (Å²) < 4.78 is 8.34. The molecule has 0 saturated heterocycles. The topological polar surface area (TPSA) is 71.8 Å². The van der Waals surface area contributed by atoms with Crippen LogP contribution in [0, 0.1) is 3.57 Å². The van der Waals surface area contributed by atoms with E-state index in [1.807, 2.05) is 70.5 Å². The zero-order chi connectivity index (χ0) is 20.3. The maximum absolute atomic E-state index is 13.5. The minimum Gasteiger partial charge on any atom is -0.483 e. The molecule has 3 aliphatic heterocycles. The van der Waals surface area contributed by atoms with Crippen molar-refractivity contribution in [2.24, 2.45) is 0 Å². The van der Waals surface area contributed by atoms with Gasteiger partial charge in [0.05, 0.1) is 20.9 Å². The van der Waals surface area contributed by atoms with E-state index in [1.165, 1.54) is 0 Å². The molecule has 1 aromatic heterocycles. The third-order valence-electron chi connectivity index (χ3n) is 6.23. The standard InChI is InChI=1S/C22H21IN2O4/c1-13-6-5-9-22-10-15(26)17-16(23)19(27)20(29-11-14-7-3-2-4-8-14)18(25(17)22)21(28)24(13)12-22/h2-8,13,15,26H,9-12H2,1H3/t13-,15?,22+/m0/s1. The van der Waals surface area contributed by atoms with Crippen LogP contribution in [0.5, 0.6) is 5.75 Å². The monoisotopic (exact) mass is 504 g/mol. The van der Waals surface area contributed by atoms with Gasteiger partial charge in [-0.2, -0.15) is 0 Å². The van der Waals surface area contributed by atoms with Gasteiger partial charge in [-0.15, -0.1) is 0 Å². The Morgan fingerprint density at radius 2 is 2.03 bits per heavy atom. The lowest BCUT2D eigenvalue weighted by atomic mass is 9.89. The molecule has 3 aliphatic rings. The lowest BCUT2D eigenvalue weighted by Gasteiger charge is -2.43. The minimum absolute atomic E-state index is 0.0758. The van der Waals surface area contributed by atoms with Crippen LogP contribution in [0.1, 0.15) is 47.6 Å². The number of benzene rings is 1. The molecule has 0 radical (unpaired) electrons. The van der Waals surface area contributed by atoms with E-state index < -0.39 is 11.6 Å². The predicted molar refractivity (Wildman–Crippen MR) is 116 cm³/mol. The van der Waals surface area contributed by atoms with Crippen molar-refractivity contribution in [3.05, 3.63) is 73.2 Å². The summed E-state index contributed by atoms with van der Waals surface area (Å²) in [7, 11) is 0. The number of pyridine rings is 1. The van der Waals surface area contributed by atoms with Gasteiger partial charge >= 0.3 is 0 Å². The molecule has 1 spiro atoms. The van der Waals surface area contributed by atoms with Gasteiger partial charge in [0.1, 0.15) is 6.61 Å². The number of hydrogen-bond acceptors (Lipinski definition) is 4. The second kappa shape index (κ2) is 6.70. The molecule has 3 atom stereocenters. The summed E-state index contributed by atoms with van der Waals surface area (Å²) in [5, 5.41) is 10.8. The van der Waals surface area contributed by atoms with Crippen molar-refractivity contribution < 1.29 is 14.6 Å². The van der Waals surface area contributed by atoms with Crippen LogP contribution in [0.2, 0.25) is 0 Å². The van der Waals surface area contributed by atoms with Crippen LogP contribution >= 0.6 is 22.6 Å². The zero-order valence-corrected chi connectivity index (χ0v) is 18.1. The lowest BCUT2D eigenvalue weighted by Crippen LogP contribution is -2.54. The number of aromatic nitrogens is 1. The number of aliphatic hydroxyl groups excluding tert-OH is 1. The van der Waals surface area contributed by atoms with E-state index in [1.54, 1.807) is 4.90 Å². The number of hydrogen-bond donors (Lipinski definition) is 1. The normalized spacial score (nSPS) is 27.0. The summed E-state index contributed by atoms with van der Waals surface area (Å²) in [4.78, 5) is 28.5. The number of aliphatic hydroxyl groups is 1. The van der Waals surface area contributed by atoms with E-state index in [9.17, 15) is 14.7 Å². The first kappa shape index (κ1) is 18.9. The molecular formula is C22H21IN2O4. The fraction of sp³-hybridized carbons (Fsp3) is 0.364. The Hall–Kier alpha value is -2.13. The average molecular weight is 504 g/mol. The third-order valence-corrected chi connectivity index (χ3v) is 7.27. The summed E-state index contributed by atoms with van der Waals surface area (Å²) in [5.41, 5.74) is 0.976. The highest BCUT2D eigenvalue weighted by Gasteiger charge is 2.53. The third kappa shape index (κ3) is 2.70. The van der Waals surface area contributed by atoms with Gasteiger partial charge in [-0.05, 0) is 41.5 Å². The quantitative estimate of drug-likeness (QED) is 0.516. The van der Waals surface area contributed by atoms with Gasteiger partial charge in [0.15, 0.2) is 11.4 Å². The summed E-state index contributed by atoms with van der Waals surface area (Å²) in [6, 6.07) is 9.50. The largest absolute Gasteiger partial charge is 0.483 e. The van der Waals surface area contributed by atoms with Crippen LogP contribution in [-0.2, 0) is 12.1 Å². The summed E-state index contributed by atoms with van der Waals surface area (Å²) in [6.45, 7) is 2.70. The fourth-order valence-electron chi connectivity index (χ4n) is 4.85. The van der Waals surface area contributed by atoms with E-state index in [0.29, 0.717) is 28.7 Å². The zero-order valence-electron chi connectivity index (χ0n) is 16.0. The van der Waals surface area contributed by atoms with Crippen molar-refractivity contribution in [1.82, 2.24) is 9.47 Å². The molecule has 6 nitrogen and oxygen atoms in total. The van der Waals surface area contributed by atoms with E-state index in [0.717, 1.165) is 5.56 Å². The lowest BCUT2D eigenvalue weighted by molar-refractivity contribution is 0.0485. The summed E-state index contributed by atoms with van der Waals surface area (Å²) in [6.07, 6.45) is 4.53. The maximum Gasteiger partial charge on any atom is 0.275 e. The van der Waals surface area contributed by atoms with E-state index in [-0.39, 0.29) is 35.4 Å². The first-order chi connectivity index (χ1) is 13.9. The van der Waals surface area contributed by atoms with Crippen molar-refractivity contribution in [2.75, 3.05) is 6.54 Å². The van der Waals surface area contributed by atoms with E-state index >= 15 is 0 Å². The maximum atomic E-state index is 13.5. The Bertz CT molecular complexity index is 1090. The molecule has 2 aromatic rings. The van der Waals surface area contributed by atoms with Crippen LogP contribution in [0.3, 0.4) is 0 Å². The van der Waals surface area contributed by atoms with Gasteiger partial charge in [0.25, 0.3) is 5.91 Å². The first-order valence-electron chi connectivity index (χ1n) is 9.74. The molecule has 0 saturated carbocycles. The van der Waals surface area contributed by atoms with E-state index in [2.05, 4.69) is 6.08 Å². The number of carbonyl (C=O) groups excluding carboxylic acids is 1. The Labute approximate surface area is 181 Å². The molecule has 2 bridgehead atoms. The molecule has 1 unspecified atom stereocenters. The predicted octanol–water partition coefficient (Wildman–Crippen LogP) is 2.97. The Kier molecular flexibility index (Phi) is 4.36. The highest BCUT2D eigenvalue weighted by atomic mass is 127. The smallest absolute Gasteiger partial charge is 0.275 e. The second-order valence-corrected chi connectivity index (χ2v) is 9.14. The van der Waals surface area contributed by atoms with Gasteiger partial charge in [-0.1, -0.05) is 42.5 Å². The average Bonchev–Trinajstić information content (AvgIpc) is 2.91. The molecule has 0 fully saturated rings. The first-order valence-corrected chi connectivity index (χ1v) is 10.8. The van der Waals surface area contributed by atoms with Crippen molar-refractivity contribution in [1.29, 1.82) is 0 Å². The van der Waals surface area contributed by atoms with Gasteiger partial charge in [-0.25, -0.2) is 0 Å². The number of nitrogens with zero attached hydrogens (tertiary/aromatic N) is 2. The Morgan fingerprint density at radius 3 is 2.79 bits per heavy atom. The summed E-state index contributed by atoms with van der Waals surface area (Å²) in [5.74, 6) is -0.129. The molecule has 5 rings (SSSR count). The second-order valence-electron chi connectivity index (χ2n) is 8.07. The highest BCUT2D eigenvalue weighted by molar-refractivity contribution is 14.1. The molecule has 150 valence electrons. The van der Waals surface area contributed by atoms with Crippen LogP contribution in [-0.4, -0.2) is 33.1 Å². The molecule has 4 heterocycles. The van der Waals surface area contributed by atoms with Crippen LogP contribution in [0.25, 0.3) is 0 Å². The van der Waals surface area contributed by atoms with Crippen molar-refractivity contribution in [3.8, 4) is 5.75 Å². The number of allylic oxidation sites excluding steroid dienone is 1. The number of ether oxygens (including phenoxy) is 1. The van der Waals surface area contributed by atoms with Crippen molar-refractivity contribution in [3.63, 3.8) is 0 Å². The molecule has 0 aliphatic carbocycles. The molecule has 1 aromatic carbocycles. The van der Waals surface area contributed by atoms with Crippen LogP contribution in [0.15, 0.2) is 47.3 Å². The number of rotatable bonds is 3.